The van der Waals surface area contributed by atoms with Gasteiger partial charge in [0.15, 0.2) is 0 Å². The standard InChI is InChI=1S/6C2H5.2Sn.Te/c6*1-2;;;/h6*1H2,2H3;;;. The van der Waals surface area contributed by atoms with Gasteiger partial charge in [0.25, 0.3) is 0 Å². The number of rotatable bonds is 8. The van der Waals surface area contributed by atoms with Crippen LogP contribution in [0, 0.1) is 0 Å². The monoisotopic (exact) mass is 544 g/mol. The molecule has 0 bridgehead atoms. The molecule has 0 unspecified atom stereocenters. The van der Waals surface area contributed by atoms with Gasteiger partial charge in [0, 0.05) is 0 Å². The molecule has 0 nitrogen and oxygen atoms in total. The van der Waals surface area contributed by atoms with Crippen LogP contribution in [0.1, 0.15) is 41.5 Å². The van der Waals surface area contributed by atoms with Gasteiger partial charge in [-0.25, -0.2) is 0 Å². The molecule has 0 saturated heterocycles. The van der Waals surface area contributed by atoms with Gasteiger partial charge in [-0.3, -0.25) is 0 Å². The second-order valence-electron chi connectivity index (χ2n) is 4.59. The van der Waals surface area contributed by atoms with Gasteiger partial charge in [-0.2, -0.15) is 0 Å². The first-order valence-corrected chi connectivity index (χ1v) is 36.8. The molecule has 0 aromatic rings. The van der Waals surface area contributed by atoms with E-state index in [2.05, 4.69) is 41.5 Å². The van der Waals surface area contributed by atoms with Crippen LogP contribution in [0.5, 0.6) is 0 Å². The molecule has 0 rings (SSSR count). The first-order chi connectivity index (χ1) is 7.07. The Morgan fingerprint density at radius 1 is 0.533 bits per heavy atom. The van der Waals surface area contributed by atoms with Gasteiger partial charge in [-0.1, -0.05) is 0 Å². The minimum atomic E-state index is -1.48. The molecule has 15 heavy (non-hydrogen) atoms. The fourth-order valence-electron chi connectivity index (χ4n) is 2.39. The van der Waals surface area contributed by atoms with E-state index < -0.39 is 29.0 Å². The van der Waals surface area contributed by atoms with Crippen LogP contribution >= 0.6 is 0 Å². The molecular weight excluding hydrogens is 509 g/mol. The van der Waals surface area contributed by atoms with Crippen molar-refractivity contribution in [3.63, 3.8) is 0 Å². The molecule has 0 heterocycles. The summed E-state index contributed by atoms with van der Waals surface area (Å²) in [5.74, 6) is 0. The van der Waals surface area contributed by atoms with Crippen molar-refractivity contribution in [1.29, 1.82) is 0 Å². The third kappa shape index (κ3) is 4.87. The van der Waals surface area contributed by atoms with Crippen LogP contribution in [0.2, 0.25) is 26.6 Å². The zero-order valence-electron chi connectivity index (χ0n) is 11.7. The van der Waals surface area contributed by atoms with Gasteiger partial charge < -0.3 is 0 Å². The van der Waals surface area contributed by atoms with Gasteiger partial charge >= 0.3 is 110 Å². The number of hydrogen-bond acceptors (Lipinski definition) is 0. The van der Waals surface area contributed by atoms with Gasteiger partial charge in [0.1, 0.15) is 0 Å². The topological polar surface area (TPSA) is 0 Å². The van der Waals surface area contributed by atoms with Crippen molar-refractivity contribution in [3.05, 3.63) is 0 Å². The maximum absolute atomic E-state index is 2.53. The Bertz CT molecular complexity index is 128. The van der Waals surface area contributed by atoms with E-state index in [-0.39, 0.29) is 0 Å². The molecule has 0 N–H and O–H groups in total. The molecule has 0 aliphatic heterocycles. The molecule has 0 aliphatic carbocycles. The van der Waals surface area contributed by atoms with Gasteiger partial charge in [-0.05, 0) is 0 Å². The van der Waals surface area contributed by atoms with E-state index in [9.17, 15) is 0 Å². The maximum atomic E-state index is 2.53. The Hall–Kier alpha value is 2.39. The first-order valence-electron chi connectivity index (χ1n) is 6.77. The zero-order chi connectivity index (χ0) is 11.9. The predicted octanol–water partition coefficient (Wildman–Crippen LogP) is 4.70. The van der Waals surface area contributed by atoms with Gasteiger partial charge in [-0.15, -0.1) is 0 Å². The summed E-state index contributed by atoms with van der Waals surface area (Å²) in [6.07, 6.45) is 0. The number of hydrogen-bond donors (Lipinski definition) is 0. The summed E-state index contributed by atoms with van der Waals surface area (Å²) in [6, 6.07) is 0. The van der Waals surface area contributed by atoms with Crippen LogP contribution < -0.4 is 0 Å². The van der Waals surface area contributed by atoms with E-state index >= 15 is 0 Å². The molecule has 0 atom stereocenters. The van der Waals surface area contributed by atoms with Crippen LogP contribution in [-0.4, -0.2) is 42.0 Å². The van der Waals surface area contributed by atoms with Crippen molar-refractivity contribution >= 4 is 42.0 Å². The van der Waals surface area contributed by atoms with Crippen molar-refractivity contribution in [3.8, 4) is 0 Å². The molecular formula is C12H30Sn2Te. The van der Waals surface area contributed by atoms with Crippen molar-refractivity contribution in [1.82, 2.24) is 0 Å². The summed E-state index contributed by atoms with van der Waals surface area (Å²) in [4.78, 5) is 0. The molecule has 0 saturated carbocycles. The van der Waals surface area contributed by atoms with E-state index in [4.69, 9.17) is 0 Å². The third-order valence-corrected chi connectivity index (χ3v) is 190. The molecule has 0 aromatic carbocycles. The summed E-state index contributed by atoms with van der Waals surface area (Å²) in [5.41, 5.74) is 0. The Morgan fingerprint density at radius 3 is 0.867 bits per heavy atom. The second-order valence-corrected chi connectivity index (χ2v) is 94.1. The predicted molar refractivity (Wildman–Crippen MR) is 80.1 cm³/mol. The Morgan fingerprint density at radius 2 is 0.733 bits per heavy atom. The van der Waals surface area contributed by atoms with Crippen LogP contribution in [0.3, 0.4) is 0 Å². The molecule has 0 aromatic heterocycles. The molecule has 0 spiro atoms. The van der Waals surface area contributed by atoms with Crippen molar-refractivity contribution in [2.24, 2.45) is 0 Å². The normalized spacial score (nSPS) is 13.2. The van der Waals surface area contributed by atoms with Gasteiger partial charge in [0.2, 0.25) is 0 Å². The first kappa shape index (κ1) is 17.4. The van der Waals surface area contributed by atoms with Gasteiger partial charge in [0.05, 0.1) is 0 Å². The summed E-state index contributed by atoms with van der Waals surface area (Å²) < 4.78 is 10.0. The van der Waals surface area contributed by atoms with Crippen molar-refractivity contribution in [2.75, 3.05) is 0 Å². The Balaban J connectivity index is 4.74. The summed E-state index contributed by atoms with van der Waals surface area (Å²) in [6.45, 7) is 15.2. The summed E-state index contributed by atoms with van der Waals surface area (Å²) in [5, 5.41) is 0. The molecule has 0 radical (unpaired) electrons. The molecule has 0 fully saturated rings. The SMILES string of the molecule is C[CH2][Sn]([CH2]C)([CH2]C)[Te][Sn]([CH2]C)([CH2]C)[CH2]C. The van der Waals surface area contributed by atoms with E-state index in [0.717, 1.165) is 0 Å². The van der Waals surface area contributed by atoms with Crippen LogP contribution in [-0.2, 0) is 0 Å². The Labute approximate surface area is 108 Å². The van der Waals surface area contributed by atoms with Crippen LogP contribution in [0.25, 0.3) is 0 Å². The van der Waals surface area contributed by atoms with Crippen LogP contribution in [0.15, 0.2) is 0 Å². The quantitative estimate of drug-likeness (QED) is 0.393. The average Bonchev–Trinajstić information content (AvgIpc) is 2.33. The molecule has 0 aliphatic rings. The zero-order valence-corrected chi connectivity index (χ0v) is 19.7. The van der Waals surface area contributed by atoms with E-state index in [0.29, 0.717) is 13.1 Å². The molecule has 3 heteroatoms. The third-order valence-electron chi connectivity index (χ3n) is 4.30. The fourth-order valence-corrected chi connectivity index (χ4v) is 279. The summed E-state index contributed by atoms with van der Waals surface area (Å²) in [7, 11) is 0. The van der Waals surface area contributed by atoms with Crippen molar-refractivity contribution in [2.45, 2.75) is 68.2 Å². The van der Waals surface area contributed by atoms with Crippen molar-refractivity contribution < 1.29 is 0 Å². The minimum absolute atomic E-state index is 0.536. The second kappa shape index (κ2) is 8.48. The summed E-state index contributed by atoms with van der Waals surface area (Å²) >= 11 is -2.41. The van der Waals surface area contributed by atoms with Crippen LogP contribution in [0.4, 0.5) is 0 Å². The Kier molecular flexibility index (Phi) is 9.83. The molecule has 92 valence electrons. The average molecular weight is 539 g/mol. The van der Waals surface area contributed by atoms with E-state index in [1.54, 1.807) is 26.6 Å². The fraction of sp³-hybridized carbons (Fsp3) is 1.00. The van der Waals surface area contributed by atoms with E-state index in [1.165, 1.54) is 0 Å². The van der Waals surface area contributed by atoms with E-state index in [1.807, 2.05) is 0 Å². The molecule has 0 amide bonds.